The zero-order valence-corrected chi connectivity index (χ0v) is 15.7. The molecule has 24 heavy (non-hydrogen) atoms. The monoisotopic (exact) mass is 456 g/mol. The van der Waals surface area contributed by atoms with E-state index in [1.54, 1.807) is 0 Å². The Bertz CT molecular complexity index is 703. The average molecular weight is 459 g/mol. The number of benzene rings is 1. The molecule has 0 aliphatic carbocycles. The van der Waals surface area contributed by atoms with Crippen molar-refractivity contribution in [2.45, 2.75) is 13.8 Å². The van der Waals surface area contributed by atoms with Crippen LogP contribution in [0.15, 0.2) is 30.3 Å². The molecule has 0 aliphatic rings. The third-order valence-corrected chi connectivity index (χ3v) is 3.87. The van der Waals surface area contributed by atoms with Crippen LogP contribution in [0.4, 0.5) is 13.2 Å². The fourth-order valence-electron chi connectivity index (χ4n) is 1.70. The van der Waals surface area contributed by atoms with E-state index in [1.165, 1.54) is 18.2 Å². The molecule has 0 spiro atoms. The molecule has 0 N–H and O–H groups in total. The lowest BCUT2D eigenvalue weighted by Crippen LogP contribution is -2.14. The lowest BCUT2D eigenvalue weighted by molar-refractivity contribution is -0.137. The van der Waals surface area contributed by atoms with Crippen molar-refractivity contribution in [2.75, 3.05) is 0 Å². The van der Waals surface area contributed by atoms with Gasteiger partial charge in [0.1, 0.15) is 0 Å². The summed E-state index contributed by atoms with van der Waals surface area (Å²) in [4.78, 5) is 7.89. The highest BCUT2D eigenvalue weighted by Crippen LogP contribution is 2.42. The zero-order valence-electron chi connectivity index (χ0n) is 11.2. The largest absolute Gasteiger partial charge is 0.416 e. The molecule has 2 rings (SSSR count). The Morgan fingerprint density at radius 2 is 1.29 bits per heavy atom. The van der Waals surface area contributed by atoms with Gasteiger partial charge in [-0.2, -0.15) is 13.2 Å². The summed E-state index contributed by atoms with van der Waals surface area (Å²) in [7, 11) is 0. The molecule has 0 saturated carbocycles. The predicted molar refractivity (Wildman–Crippen MR) is 90.9 cm³/mol. The minimum absolute atomic E-state index is 0.0845. The molecule has 0 amide bonds. The van der Waals surface area contributed by atoms with Crippen LogP contribution < -0.4 is 0 Å². The molecule has 0 atom stereocenters. The fraction of sp³-hybridized carbons (Fsp3) is 0.231. The van der Waals surface area contributed by atoms with Crippen LogP contribution in [0.3, 0.4) is 0 Å². The van der Waals surface area contributed by atoms with Gasteiger partial charge in [-0.1, -0.05) is 81.7 Å². The van der Waals surface area contributed by atoms with E-state index in [0.717, 1.165) is 12.1 Å². The third-order valence-electron chi connectivity index (χ3n) is 2.78. The van der Waals surface area contributed by atoms with Gasteiger partial charge < -0.3 is 0 Å². The maximum Gasteiger partial charge on any atom is 0.416 e. The van der Waals surface area contributed by atoms with Gasteiger partial charge in [-0.3, -0.25) is 0 Å². The van der Waals surface area contributed by atoms with Crippen molar-refractivity contribution in [1.29, 1.82) is 0 Å². The second kappa shape index (κ2) is 6.86. The van der Waals surface area contributed by atoms with Crippen molar-refractivity contribution in [3.05, 3.63) is 47.4 Å². The SMILES string of the molecule is FC(F)(F)c1ccc(-c2cc(C(Cl)(Cl)Cl)nc(C(Cl)(Cl)Cl)n2)cc1. The van der Waals surface area contributed by atoms with Crippen LogP contribution in [0.1, 0.15) is 17.1 Å². The molecule has 2 aromatic rings. The van der Waals surface area contributed by atoms with E-state index in [4.69, 9.17) is 69.6 Å². The van der Waals surface area contributed by atoms with Gasteiger partial charge in [0.05, 0.1) is 17.0 Å². The minimum Gasteiger partial charge on any atom is -0.229 e. The normalized spacial score (nSPS) is 13.2. The Morgan fingerprint density at radius 3 is 1.71 bits per heavy atom. The predicted octanol–water partition coefficient (Wildman–Crippen LogP) is 6.82. The summed E-state index contributed by atoms with van der Waals surface area (Å²) >= 11 is 34.6. The van der Waals surface area contributed by atoms with Gasteiger partial charge in [0, 0.05) is 5.56 Å². The minimum atomic E-state index is -4.46. The summed E-state index contributed by atoms with van der Waals surface area (Å²) < 4.78 is 34.0. The number of alkyl halides is 9. The van der Waals surface area contributed by atoms with Gasteiger partial charge in [-0.25, -0.2) is 9.97 Å². The summed E-state index contributed by atoms with van der Waals surface area (Å²) in [6.45, 7) is 0. The van der Waals surface area contributed by atoms with Crippen LogP contribution in [0.25, 0.3) is 11.3 Å². The topological polar surface area (TPSA) is 25.8 Å². The van der Waals surface area contributed by atoms with E-state index >= 15 is 0 Å². The second-order valence-corrected chi connectivity index (χ2v) is 9.10. The molecular formula is C13H5Cl6F3N2. The van der Waals surface area contributed by atoms with Crippen molar-refractivity contribution < 1.29 is 13.2 Å². The lowest BCUT2D eigenvalue weighted by Gasteiger charge is -2.17. The highest BCUT2D eigenvalue weighted by molar-refractivity contribution is 6.67. The van der Waals surface area contributed by atoms with Crippen LogP contribution in [-0.2, 0) is 13.8 Å². The Kier molecular flexibility index (Phi) is 5.76. The number of rotatable bonds is 1. The van der Waals surface area contributed by atoms with E-state index < -0.39 is 19.3 Å². The van der Waals surface area contributed by atoms with E-state index in [-0.39, 0.29) is 17.2 Å². The first-order valence-corrected chi connectivity index (χ1v) is 8.26. The van der Waals surface area contributed by atoms with Crippen molar-refractivity contribution in [3.63, 3.8) is 0 Å². The van der Waals surface area contributed by atoms with Crippen LogP contribution >= 0.6 is 69.6 Å². The molecule has 0 radical (unpaired) electrons. The Labute approximate surface area is 164 Å². The highest BCUT2D eigenvalue weighted by Gasteiger charge is 2.33. The van der Waals surface area contributed by atoms with E-state index in [2.05, 4.69) is 9.97 Å². The number of nitrogens with zero attached hydrogens (tertiary/aromatic N) is 2. The summed E-state index contributed by atoms with van der Waals surface area (Å²) in [6, 6.07) is 5.48. The van der Waals surface area contributed by atoms with E-state index in [9.17, 15) is 13.2 Å². The molecule has 130 valence electrons. The van der Waals surface area contributed by atoms with Crippen LogP contribution in [0.5, 0.6) is 0 Å². The van der Waals surface area contributed by atoms with Gasteiger partial charge in [0.25, 0.3) is 0 Å². The van der Waals surface area contributed by atoms with Crippen molar-refractivity contribution in [2.24, 2.45) is 0 Å². The summed E-state index contributed by atoms with van der Waals surface area (Å²) in [6.07, 6.45) is -4.46. The molecular weight excluding hydrogens is 454 g/mol. The number of halogens is 9. The first-order valence-electron chi connectivity index (χ1n) is 5.99. The maximum absolute atomic E-state index is 12.6. The number of hydrogen-bond donors (Lipinski definition) is 0. The van der Waals surface area contributed by atoms with Crippen LogP contribution in [0.2, 0.25) is 0 Å². The molecule has 0 aliphatic heterocycles. The van der Waals surface area contributed by atoms with Gasteiger partial charge >= 0.3 is 6.18 Å². The molecule has 0 unspecified atom stereocenters. The van der Waals surface area contributed by atoms with Crippen LogP contribution in [-0.4, -0.2) is 9.97 Å². The van der Waals surface area contributed by atoms with Gasteiger partial charge in [-0.05, 0) is 18.2 Å². The van der Waals surface area contributed by atoms with Crippen molar-refractivity contribution >= 4 is 69.6 Å². The molecule has 1 aromatic heterocycles. The van der Waals surface area contributed by atoms with Gasteiger partial charge in [0.15, 0.2) is 5.82 Å². The Hall–Kier alpha value is -0.170. The van der Waals surface area contributed by atoms with E-state index in [0.29, 0.717) is 5.56 Å². The number of hydrogen-bond acceptors (Lipinski definition) is 2. The smallest absolute Gasteiger partial charge is 0.229 e. The maximum atomic E-state index is 12.6. The molecule has 1 heterocycles. The average Bonchev–Trinajstić information content (AvgIpc) is 2.44. The first kappa shape index (κ1) is 20.1. The fourth-order valence-corrected chi connectivity index (χ4v) is 2.24. The highest BCUT2D eigenvalue weighted by atomic mass is 35.6. The molecule has 1 aromatic carbocycles. The molecule has 0 fully saturated rings. The first-order chi connectivity index (χ1) is 10.8. The quantitative estimate of drug-likeness (QED) is 0.438. The zero-order chi connectivity index (χ0) is 18.3. The third kappa shape index (κ3) is 4.93. The second-order valence-electron chi connectivity index (χ2n) is 4.53. The standard InChI is InChI=1S/C13H5Cl6F3N2/c14-11(15,16)9-5-8(23-10(24-9)12(17,18)19)6-1-3-7(4-2-6)13(20,21)22/h1-5H. The van der Waals surface area contributed by atoms with Gasteiger partial charge in [-0.15, -0.1) is 0 Å². The Morgan fingerprint density at radius 1 is 0.750 bits per heavy atom. The summed E-state index contributed by atoms with van der Waals surface area (Å²) in [5.41, 5.74) is -0.458. The lowest BCUT2D eigenvalue weighted by atomic mass is 10.1. The van der Waals surface area contributed by atoms with E-state index in [1.807, 2.05) is 0 Å². The molecule has 0 saturated heterocycles. The van der Waals surface area contributed by atoms with Gasteiger partial charge in [0.2, 0.25) is 7.59 Å². The van der Waals surface area contributed by atoms with Crippen molar-refractivity contribution in [1.82, 2.24) is 9.97 Å². The summed E-state index contributed by atoms with van der Waals surface area (Å²) in [5.74, 6) is -0.272. The molecule has 2 nitrogen and oxygen atoms in total. The number of aromatic nitrogens is 2. The van der Waals surface area contributed by atoms with Crippen LogP contribution in [0, 0.1) is 0 Å². The van der Waals surface area contributed by atoms with Crippen molar-refractivity contribution in [3.8, 4) is 11.3 Å². The molecule has 11 heteroatoms. The summed E-state index contributed by atoms with van der Waals surface area (Å²) in [5, 5.41) is 0. The molecule has 0 bridgehead atoms. The Balaban J connectivity index is 2.57.